The predicted octanol–water partition coefficient (Wildman–Crippen LogP) is -8.78. The average Bonchev–Trinajstić information content (AvgIpc) is 2.64. The van der Waals surface area contributed by atoms with Gasteiger partial charge in [-0.1, -0.05) is 32.9 Å². The Labute approximate surface area is 255 Å². The first-order valence-electron chi connectivity index (χ1n) is 9.27. The van der Waals surface area contributed by atoms with E-state index in [1.165, 1.54) is 19.1 Å². The molecule has 0 aliphatic rings. The van der Waals surface area contributed by atoms with Crippen LogP contribution in [0.1, 0.15) is 57.9 Å². The fourth-order valence-corrected chi connectivity index (χ4v) is 3.97. The molecule has 12 heteroatoms. The molecule has 0 spiro atoms. The third-order valence-corrected chi connectivity index (χ3v) is 6.17. The molecule has 8 nitrogen and oxygen atoms in total. The second-order valence-corrected chi connectivity index (χ2v) is 9.12. The maximum Gasteiger partial charge on any atom is 1.00 e. The van der Waals surface area contributed by atoms with E-state index in [-0.39, 0.29) is 108 Å². The first-order chi connectivity index (χ1) is 13.3. The summed E-state index contributed by atoms with van der Waals surface area (Å²) in [4.78, 5) is 34.0. The summed E-state index contributed by atoms with van der Waals surface area (Å²) in [6.45, 7) is 4.82. The first kappa shape index (κ1) is 37.3. The number of carboxylic acids is 2. The number of carbonyl (C=O) groups is 3. The van der Waals surface area contributed by atoms with Gasteiger partial charge in [0.1, 0.15) is 16.4 Å². The topological polar surface area (TPSA) is 155 Å². The third-order valence-electron chi connectivity index (χ3n) is 5.32. The molecular weight excluding hydrogens is 469 g/mol. The van der Waals surface area contributed by atoms with Crippen molar-refractivity contribution in [3.63, 3.8) is 0 Å². The van der Waals surface area contributed by atoms with Gasteiger partial charge in [-0.15, -0.1) is 0 Å². The van der Waals surface area contributed by atoms with Crippen molar-refractivity contribution in [1.29, 1.82) is 0 Å². The molecule has 0 bridgehead atoms. The smallest absolute Gasteiger partial charge is 0.744 e. The van der Waals surface area contributed by atoms with E-state index in [0.717, 1.165) is 12.1 Å². The van der Waals surface area contributed by atoms with Crippen molar-refractivity contribution in [3.8, 4) is 0 Å². The second kappa shape index (κ2) is 16.4. The van der Waals surface area contributed by atoms with E-state index in [4.69, 9.17) is 0 Å². The zero-order valence-corrected chi connectivity index (χ0v) is 26.4. The Kier molecular flexibility index (Phi) is 19.1. The Balaban J connectivity index is -0.00000280. The van der Waals surface area contributed by atoms with Crippen LogP contribution in [0.25, 0.3) is 0 Å². The number of rotatable bonds is 12. The summed E-state index contributed by atoms with van der Waals surface area (Å²) >= 11 is 0. The SMILES string of the molecule is CCC(C=O)CC(CC(C)(CC(C)c1ccc(S(=O)(=O)[O-])cc1)C(=O)[O-])C(=O)[O-].[Na+].[Na+].[Na+]. The molecule has 162 valence electrons. The summed E-state index contributed by atoms with van der Waals surface area (Å²) in [7, 11) is -4.59. The maximum absolute atomic E-state index is 11.8. The molecule has 1 aromatic rings. The molecular formula is C20H25Na3O8S. The number of aliphatic carboxylic acids is 2. The van der Waals surface area contributed by atoms with Crippen LogP contribution in [0.15, 0.2) is 29.2 Å². The average molecular weight is 494 g/mol. The maximum atomic E-state index is 11.8. The van der Waals surface area contributed by atoms with Crippen molar-refractivity contribution >= 4 is 28.3 Å². The summed E-state index contributed by atoms with van der Waals surface area (Å²) in [5.41, 5.74) is -0.927. The number of carboxylic acid groups (broad SMARTS) is 2. The summed E-state index contributed by atoms with van der Waals surface area (Å²) in [5.74, 6) is -4.88. The number of carbonyl (C=O) groups excluding carboxylic acids is 3. The number of benzene rings is 1. The number of hydrogen-bond acceptors (Lipinski definition) is 8. The Hall–Kier alpha value is 0.740. The molecule has 0 saturated carbocycles. The standard InChI is InChI=1S/C20H28O8S.3Na/c1-4-14(12-21)9-16(18(22)23)11-20(3,19(24)25)10-13(2)15-5-7-17(8-6-15)29(26,27)28;;;/h5-8,12-14,16H,4,9-11H2,1-3H3,(H,22,23)(H,24,25)(H,26,27,28);;;/q;3*+1/p-3. The van der Waals surface area contributed by atoms with Gasteiger partial charge in [-0.05, 0) is 49.3 Å². The zero-order valence-electron chi connectivity index (χ0n) is 19.6. The summed E-state index contributed by atoms with van der Waals surface area (Å²) < 4.78 is 33.1. The summed E-state index contributed by atoms with van der Waals surface area (Å²) in [6, 6.07) is 5.12. The summed E-state index contributed by atoms with van der Waals surface area (Å²) in [6.07, 6.45) is 0.816. The van der Waals surface area contributed by atoms with Crippen molar-refractivity contribution in [1.82, 2.24) is 0 Å². The fourth-order valence-electron chi connectivity index (χ4n) is 3.50. The minimum Gasteiger partial charge on any atom is -0.744 e. The van der Waals surface area contributed by atoms with Gasteiger partial charge in [0.25, 0.3) is 0 Å². The van der Waals surface area contributed by atoms with E-state index in [1.807, 2.05) is 0 Å². The van der Waals surface area contributed by atoms with Crippen LogP contribution in [0.3, 0.4) is 0 Å². The van der Waals surface area contributed by atoms with Gasteiger partial charge in [-0.3, -0.25) is 0 Å². The van der Waals surface area contributed by atoms with Crippen LogP contribution in [0.2, 0.25) is 0 Å². The van der Waals surface area contributed by atoms with Crippen molar-refractivity contribution in [2.75, 3.05) is 0 Å². The van der Waals surface area contributed by atoms with Gasteiger partial charge in [0.15, 0.2) is 0 Å². The number of hydrogen-bond donors (Lipinski definition) is 0. The largest absolute Gasteiger partial charge is 1.00 e. The molecule has 0 aliphatic carbocycles. The fraction of sp³-hybridized carbons (Fsp3) is 0.550. The van der Waals surface area contributed by atoms with Gasteiger partial charge in [-0.25, -0.2) is 8.42 Å². The van der Waals surface area contributed by atoms with Crippen LogP contribution in [-0.4, -0.2) is 31.2 Å². The molecule has 0 saturated heterocycles. The van der Waals surface area contributed by atoms with E-state index in [1.54, 1.807) is 13.8 Å². The minimum absolute atomic E-state index is 0. The van der Waals surface area contributed by atoms with Crippen LogP contribution < -0.4 is 98.9 Å². The molecule has 0 aliphatic heterocycles. The quantitative estimate of drug-likeness (QED) is 0.158. The van der Waals surface area contributed by atoms with Crippen molar-refractivity contribution < 1.29 is 126 Å². The molecule has 0 N–H and O–H groups in total. The van der Waals surface area contributed by atoms with Gasteiger partial charge in [0, 0.05) is 29.2 Å². The van der Waals surface area contributed by atoms with Crippen LogP contribution in [0.4, 0.5) is 0 Å². The van der Waals surface area contributed by atoms with Gasteiger partial charge in [-0.2, -0.15) is 0 Å². The summed E-state index contributed by atoms with van der Waals surface area (Å²) in [5, 5.41) is 23.4. The van der Waals surface area contributed by atoms with Crippen molar-refractivity contribution in [2.24, 2.45) is 17.3 Å². The van der Waals surface area contributed by atoms with Crippen LogP contribution in [0.5, 0.6) is 0 Å². The molecule has 0 fully saturated rings. The monoisotopic (exact) mass is 494 g/mol. The zero-order chi connectivity index (χ0) is 22.4. The number of aldehydes is 1. The van der Waals surface area contributed by atoms with Gasteiger partial charge in [0.05, 0.1) is 4.90 Å². The van der Waals surface area contributed by atoms with E-state index in [2.05, 4.69) is 0 Å². The van der Waals surface area contributed by atoms with Crippen LogP contribution in [0, 0.1) is 17.3 Å². The third kappa shape index (κ3) is 11.4. The van der Waals surface area contributed by atoms with Crippen molar-refractivity contribution in [2.45, 2.75) is 57.3 Å². The Morgan fingerprint density at radius 2 is 1.56 bits per heavy atom. The molecule has 0 heterocycles. The Morgan fingerprint density at radius 3 is 1.91 bits per heavy atom. The molecule has 4 unspecified atom stereocenters. The molecule has 32 heavy (non-hydrogen) atoms. The van der Waals surface area contributed by atoms with E-state index in [9.17, 15) is 37.6 Å². The van der Waals surface area contributed by atoms with E-state index >= 15 is 0 Å². The molecule has 1 aromatic carbocycles. The molecule has 4 atom stereocenters. The van der Waals surface area contributed by atoms with E-state index in [0.29, 0.717) is 18.3 Å². The van der Waals surface area contributed by atoms with E-state index < -0.39 is 50.1 Å². The molecule has 1 rings (SSSR count). The minimum atomic E-state index is -4.59. The second-order valence-electron chi connectivity index (χ2n) is 7.74. The Bertz CT molecular complexity index is 845. The molecule has 0 amide bonds. The van der Waals surface area contributed by atoms with Crippen LogP contribution >= 0.6 is 0 Å². The van der Waals surface area contributed by atoms with Gasteiger partial charge >= 0.3 is 88.7 Å². The van der Waals surface area contributed by atoms with Gasteiger partial charge < -0.3 is 29.1 Å². The molecule has 0 aromatic heterocycles. The predicted molar refractivity (Wildman–Crippen MR) is 98.1 cm³/mol. The normalized spacial score (nSPS) is 15.4. The Morgan fingerprint density at radius 1 is 1.06 bits per heavy atom. The van der Waals surface area contributed by atoms with Crippen LogP contribution in [-0.2, 0) is 24.5 Å². The first-order valence-corrected chi connectivity index (χ1v) is 10.7. The van der Waals surface area contributed by atoms with Gasteiger partial charge in [0.2, 0.25) is 0 Å². The van der Waals surface area contributed by atoms with Crippen molar-refractivity contribution in [3.05, 3.63) is 29.8 Å². The molecule has 0 radical (unpaired) electrons.